The summed E-state index contributed by atoms with van der Waals surface area (Å²) in [6.07, 6.45) is 1.36. The van der Waals surface area contributed by atoms with Crippen molar-refractivity contribution in [3.63, 3.8) is 0 Å². The lowest BCUT2D eigenvalue weighted by Gasteiger charge is -2.02. The zero-order valence-electron chi connectivity index (χ0n) is 6.36. The van der Waals surface area contributed by atoms with E-state index in [-0.39, 0.29) is 0 Å². The molecule has 0 heterocycles. The summed E-state index contributed by atoms with van der Waals surface area (Å²) < 4.78 is 0. The largest absolute Gasteiger partial charge is 0.0648 e. The van der Waals surface area contributed by atoms with Crippen LogP contribution in [0.2, 0.25) is 0 Å². The molecule has 0 nitrogen and oxygen atoms in total. The minimum atomic E-state index is 0.708. The van der Waals surface area contributed by atoms with E-state index in [0.29, 0.717) is 5.41 Å². The van der Waals surface area contributed by atoms with Gasteiger partial charge in [-0.05, 0) is 17.3 Å². The normalized spacial score (nSPS) is 54.0. The molecule has 48 valence electrons. The van der Waals surface area contributed by atoms with Gasteiger partial charge in [0.1, 0.15) is 0 Å². The smallest absolute Gasteiger partial charge is 0.0272 e. The molecule has 1 aliphatic rings. The van der Waals surface area contributed by atoms with Gasteiger partial charge in [0.05, 0.1) is 0 Å². The average Bonchev–Trinajstić information content (AvgIpc) is 2.22. The lowest BCUT2D eigenvalue weighted by atomic mass is 10.0. The molecule has 0 aromatic rings. The Kier molecular flexibility index (Phi) is 1.14. The predicted octanol–water partition coefficient (Wildman–Crippen LogP) is 2.69. The fraction of sp³-hybridized carbons (Fsp3) is 1.00. The van der Waals surface area contributed by atoms with Gasteiger partial charge in [-0.15, -0.1) is 0 Å². The second kappa shape index (κ2) is 1.49. The van der Waals surface area contributed by atoms with Crippen LogP contribution in [0.4, 0.5) is 0 Å². The van der Waals surface area contributed by atoms with Gasteiger partial charge in [-0.2, -0.15) is 0 Å². The molecule has 1 fully saturated rings. The Morgan fingerprint density at radius 2 is 1.62 bits per heavy atom. The minimum Gasteiger partial charge on any atom is -0.0648 e. The van der Waals surface area contributed by atoms with Crippen LogP contribution in [-0.4, -0.2) is 0 Å². The summed E-state index contributed by atoms with van der Waals surface area (Å²) in [7, 11) is 0. The van der Waals surface area contributed by atoms with E-state index in [2.05, 4.69) is 27.7 Å². The van der Waals surface area contributed by atoms with Crippen LogP contribution in [0.5, 0.6) is 0 Å². The van der Waals surface area contributed by atoms with Gasteiger partial charge in [0.15, 0.2) is 0 Å². The first-order chi connectivity index (χ1) is 3.63. The van der Waals surface area contributed by atoms with Gasteiger partial charge in [0.25, 0.3) is 0 Å². The fourth-order valence-corrected chi connectivity index (χ4v) is 1.71. The second-order valence-electron chi connectivity index (χ2n) is 3.44. The van der Waals surface area contributed by atoms with Crippen molar-refractivity contribution in [3.8, 4) is 0 Å². The standard InChI is InChI=1S/C8H16/c1-5-8(4)6(2)7(8)3/h6-7H,5H2,1-4H3. The molecule has 1 rings (SSSR count). The van der Waals surface area contributed by atoms with Crippen LogP contribution < -0.4 is 0 Å². The molecule has 0 aliphatic heterocycles. The number of rotatable bonds is 1. The Labute approximate surface area is 52.3 Å². The molecule has 0 saturated heterocycles. The summed E-state index contributed by atoms with van der Waals surface area (Å²) in [6, 6.07) is 0. The Bertz CT molecular complexity index is 86.2. The van der Waals surface area contributed by atoms with E-state index in [1.807, 2.05) is 0 Å². The van der Waals surface area contributed by atoms with Crippen LogP contribution in [0, 0.1) is 17.3 Å². The maximum Gasteiger partial charge on any atom is -0.0272 e. The molecule has 0 aromatic heterocycles. The van der Waals surface area contributed by atoms with Gasteiger partial charge in [-0.1, -0.05) is 34.1 Å². The molecule has 0 N–H and O–H groups in total. The van der Waals surface area contributed by atoms with E-state index >= 15 is 0 Å². The van der Waals surface area contributed by atoms with E-state index in [1.54, 1.807) is 0 Å². The van der Waals surface area contributed by atoms with Crippen molar-refractivity contribution in [1.29, 1.82) is 0 Å². The first kappa shape index (κ1) is 6.12. The molecule has 2 atom stereocenters. The Morgan fingerprint density at radius 3 is 1.62 bits per heavy atom. The summed E-state index contributed by atoms with van der Waals surface area (Å²) in [5.41, 5.74) is 0.708. The van der Waals surface area contributed by atoms with Crippen molar-refractivity contribution >= 4 is 0 Å². The highest BCUT2D eigenvalue weighted by atomic mass is 14.6. The second-order valence-corrected chi connectivity index (χ2v) is 3.44. The highest BCUT2D eigenvalue weighted by Crippen LogP contribution is 2.59. The Morgan fingerprint density at radius 1 is 1.25 bits per heavy atom. The highest BCUT2D eigenvalue weighted by molar-refractivity contribution is 5.01. The van der Waals surface area contributed by atoms with Crippen molar-refractivity contribution in [2.45, 2.75) is 34.1 Å². The van der Waals surface area contributed by atoms with Crippen LogP contribution in [0.15, 0.2) is 0 Å². The van der Waals surface area contributed by atoms with E-state index in [0.717, 1.165) is 11.8 Å². The first-order valence-corrected chi connectivity index (χ1v) is 3.63. The third-order valence-corrected chi connectivity index (χ3v) is 3.48. The van der Waals surface area contributed by atoms with Crippen molar-refractivity contribution in [2.24, 2.45) is 17.3 Å². The van der Waals surface area contributed by atoms with Crippen LogP contribution in [0.25, 0.3) is 0 Å². The van der Waals surface area contributed by atoms with Crippen LogP contribution in [0.3, 0.4) is 0 Å². The summed E-state index contributed by atoms with van der Waals surface area (Å²) in [6.45, 7) is 9.39. The molecule has 0 amide bonds. The van der Waals surface area contributed by atoms with E-state index in [1.165, 1.54) is 6.42 Å². The van der Waals surface area contributed by atoms with Gasteiger partial charge in [-0.3, -0.25) is 0 Å². The number of hydrogen-bond donors (Lipinski definition) is 0. The lowest BCUT2D eigenvalue weighted by Crippen LogP contribution is -1.93. The molecule has 0 heteroatoms. The van der Waals surface area contributed by atoms with Crippen molar-refractivity contribution in [1.82, 2.24) is 0 Å². The van der Waals surface area contributed by atoms with E-state index in [9.17, 15) is 0 Å². The van der Waals surface area contributed by atoms with Gasteiger partial charge in [0, 0.05) is 0 Å². The van der Waals surface area contributed by atoms with E-state index < -0.39 is 0 Å². The predicted molar refractivity (Wildman–Crippen MR) is 36.7 cm³/mol. The minimum absolute atomic E-state index is 0.708. The molecular weight excluding hydrogens is 96.1 g/mol. The maximum atomic E-state index is 2.39. The van der Waals surface area contributed by atoms with Gasteiger partial charge >= 0.3 is 0 Å². The fourth-order valence-electron chi connectivity index (χ4n) is 1.71. The molecule has 2 unspecified atom stereocenters. The quantitative estimate of drug-likeness (QED) is 0.489. The Balaban J connectivity index is 2.50. The molecule has 0 radical (unpaired) electrons. The molecule has 1 saturated carbocycles. The van der Waals surface area contributed by atoms with E-state index in [4.69, 9.17) is 0 Å². The van der Waals surface area contributed by atoms with Crippen molar-refractivity contribution < 1.29 is 0 Å². The zero-order valence-corrected chi connectivity index (χ0v) is 6.36. The summed E-state index contributed by atoms with van der Waals surface area (Å²) in [5.74, 6) is 1.96. The average molecular weight is 112 g/mol. The van der Waals surface area contributed by atoms with Gasteiger partial charge in [0.2, 0.25) is 0 Å². The molecular formula is C8H16. The summed E-state index contributed by atoms with van der Waals surface area (Å²) in [5, 5.41) is 0. The molecule has 0 bridgehead atoms. The third-order valence-electron chi connectivity index (χ3n) is 3.48. The summed E-state index contributed by atoms with van der Waals surface area (Å²) in [4.78, 5) is 0. The third kappa shape index (κ3) is 0.519. The number of hydrogen-bond acceptors (Lipinski definition) is 0. The van der Waals surface area contributed by atoms with Crippen molar-refractivity contribution in [3.05, 3.63) is 0 Å². The van der Waals surface area contributed by atoms with Gasteiger partial charge < -0.3 is 0 Å². The van der Waals surface area contributed by atoms with Crippen molar-refractivity contribution in [2.75, 3.05) is 0 Å². The van der Waals surface area contributed by atoms with Crippen LogP contribution in [0.1, 0.15) is 34.1 Å². The molecule has 0 spiro atoms. The molecule has 0 aromatic carbocycles. The van der Waals surface area contributed by atoms with Crippen LogP contribution >= 0.6 is 0 Å². The first-order valence-electron chi connectivity index (χ1n) is 3.63. The highest BCUT2D eigenvalue weighted by Gasteiger charge is 2.53. The molecule has 8 heavy (non-hydrogen) atoms. The summed E-state index contributed by atoms with van der Waals surface area (Å²) >= 11 is 0. The SMILES string of the molecule is CCC1(C)C(C)C1C. The monoisotopic (exact) mass is 112 g/mol. The lowest BCUT2D eigenvalue weighted by molar-refractivity contribution is 0.477. The topological polar surface area (TPSA) is 0 Å². The zero-order chi connectivity index (χ0) is 6.36. The van der Waals surface area contributed by atoms with Gasteiger partial charge in [-0.25, -0.2) is 0 Å². The Hall–Kier alpha value is 0. The van der Waals surface area contributed by atoms with Crippen LogP contribution in [-0.2, 0) is 0 Å². The molecule has 1 aliphatic carbocycles. The maximum absolute atomic E-state index is 2.39.